The Labute approximate surface area is 66.8 Å². The Morgan fingerprint density at radius 2 is 1.60 bits per heavy atom. The van der Waals surface area contributed by atoms with E-state index < -0.39 is 0 Å². The highest BCUT2D eigenvalue weighted by Gasteiger charge is 2.62. The molecule has 4 atom stereocenters. The molecule has 0 aromatic rings. The van der Waals surface area contributed by atoms with Gasteiger partial charge in [-0.05, 0) is 30.1 Å². The predicted octanol–water partition coefficient (Wildman–Crippen LogP) is 2.39. The summed E-state index contributed by atoms with van der Waals surface area (Å²) in [4.78, 5) is 0. The minimum Gasteiger partial charge on any atom is -0.154 e. The van der Waals surface area contributed by atoms with Gasteiger partial charge < -0.3 is 0 Å². The fraction of sp³-hybridized carbons (Fsp3) is 1.00. The highest BCUT2D eigenvalue weighted by Crippen LogP contribution is 2.68. The largest absolute Gasteiger partial charge is 0.154 e. The van der Waals surface area contributed by atoms with Gasteiger partial charge in [0, 0.05) is 10.5 Å². The second-order valence-electron chi connectivity index (χ2n) is 4.35. The molecule has 1 saturated heterocycles. The van der Waals surface area contributed by atoms with Gasteiger partial charge in [-0.3, -0.25) is 0 Å². The molecule has 2 bridgehead atoms. The van der Waals surface area contributed by atoms with Gasteiger partial charge in [0.2, 0.25) is 0 Å². The zero-order valence-electron chi connectivity index (χ0n) is 6.58. The van der Waals surface area contributed by atoms with E-state index in [-0.39, 0.29) is 0 Å². The molecule has 56 valence electrons. The quantitative estimate of drug-likeness (QED) is 0.516. The van der Waals surface area contributed by atoms with E-state index in [4.69, 9.17) is 0 Å². The maximum absolute atomic E-state index is 2.47. The second-order valence-corrected chi connectivity index (χ2v) is 5.71. The first kappa shape index (κ1) is 5.93. The first-order chi connectivity index (χ1) is 4.79. The molecule has 4 unspecified atom stereocenters. The normalized spacial score (nSPS) is 70.2. The van der Waals surface area contributed by atoms with E-state index in [1.807, 2.05) is 0 Å². The molecule has 2 saturated carbocycles. The topological polar surface area (TPSA) is 0 Å². The van der Waals surface area contributed by atoms with Crippen molar-refractivity contribution in [3.8, 4) is 0 Å². The van der Waals surface area contributed by atoms with Crippen LogP contribution in [0.3, 0.4) is 0 Å². The summed E-state index contributed by atoms with van der Waals surface area (Å²) in [6, 6.07) is 0. The lowest BCUT2D eigenvalue weighted by atomic mass is 9.81. The molecular weight excluding hydrogens is 140 g/mol. The number of rotatable bonds is 0. The first-order valence-corrected chi connectivity index (χ1v) is 5.39. The van der Waals surface area contributed by atoms with Crippen molar-refractivity contribution in [2.24, 2.45) is 23.7 Å². The summed E-state index contributed by atoms with van der Waals surface area (Å²) in [6.07, 6.45) is 1.57. The molecule has 1 aliphatic heterocycles. The van der Waals surface area contributed by atoms with Gasteiger partial charge in [-0.2, -0.15) is 11.8 Å². The van der Waals surface area contributed by atoms with Crippen LogP contribution in [0.1, 0.15) is 20.3 Å². The maximum Gasteiger partial charge on any atom is 0.0117 e. The predicted molar refractivity (Wildman–Crippen MR) is 45.1 cm³/mol. The van der Waals surface area contributed by atoms with Crippen molar-refractivity contribution in [3.63, 3.8) is 0 Å². The van der Waals surface area contributed by atoms with Gasteiger partial charge in [-0.15, -0.1) is 0 Å². The Balaban J connectivity index is 2.00. The summed E-state index contributed by atoms with van der Waals surface area (Å²) in [7, 11) is 0. The minimum absolute atomic E-state index is 1.05. The van der Waals surface area contributed by atoms with Crippen LogP contribution in [-0.2, 0) is 0 Å². The lowest BCUT2D eigenvalue weighted by molar-refractivity contribution is 0.263. The van der Waals surface area contributed by atoms with Crippen LogP contribution in [0.4, 0.5) is 0 Å². The number of hydrogen-bond donors (Lipinski definition) is 0. The number of hydrogen-bond acceptors (Lipinski definition) is 1. The third-order valence-corrected chi connectivity index (χ3v) is 6.28. The summed E-state index contributed by atoms with van der Waals surface area (Å²) in [6.45, 7) is 4.93. The van der Waals surface area contributed by atoms with Crippen LogP contribution >= 0.6 is 11.8 Å². The molecular formula is C9H14S. The zero-order valence-corrected chi connectivity index (χ0v) is 7.40. The van der Waals surface area contributed by atoms with Crippen molar-refractivity contribution < 1.29 is 0 Å². The van der Waals surface area contributed by atoms with Crippen molar-refractivity contribution in [3.05, 3.63) is 0 Å². The second kappa shape index (κ2) is 1.57. The Bertz CT molecular complexity index is 158. The highest BCUT2D eigenvalue weighted by molar-refractivity contribution is 8.02. The molecule has 0 amide bonds. The molecule has 0 aromatic carbocycles. The summed E-state index contributed by atoms with van der Waals surface area (Å²) in [5.74, 6) is 4.37. The van der Waals surface area contributed by atoms with Crippen LogP contribution < -0.4 is 0 Å². The number of fused-ring (bicyclic) bond motifs is 1. The van der Waals surface area contributed by atoms with Crippen molar-refractivity contribution in [2.75, 3.05) is 0 Å². The van der Waals surface area contributed by atoms with Crippen LogP contribution in [0.2, 0.25) is 0 Å². The lowest BCUT2D eigenvalue weighted by Gasteiger charge is -2.48. The molecule has 1 heteroatoms. The standard InChI is InChI=1S/C9H14S/c1-4-6-3-7-8(4)10-9(7)5(6)2/h4-9H,3H2,1-2H3. The monoisotopic (exact) mass is 154 g/mol. The van der Waals surface area contributed by atoms with E-state index in [0.29, 0.717) is 0 Å². The van der Waals surface area contributed by atoms with Crippen LogP contribution in [-0.4, -0.2) is 10.5 Å². The van der Waals surface area contributed by atoms with Gasteiger partial charge in [0.1, 0.15) is 0 Å². The summed E-state index contributed by atoms with van der Waals surface area (Å²) >= 11 is 2.28. The lowest BCUT2D eigenvalue weighted by Crippen LogP contribution is -2.46. The Kier molecular flexibility index (Phi) is 0.934. The first-order valence-electron chi connectivity index (χ1n) is 4.44. The molecule has 0 aromatic heterocycles. The third kappa shape index (κ3) is 0.431. The van der Waals surface area contributed by atoms with Crippen LogP contribution in [0.5, 0.6) is 0 Å². The van der Waals surface area contributed by atoms with E-state index in [9.17, 15) is 0 Å². The van der Waals surface area contributed by atoms with Crippen LogP contribution in [0.25, 0.3) is 0 Å². The molecule has 3 fully saturated rings. The Morgan fingerprint density at radius 3 is 1.90 bits per heavy atom. The van der Waals surface area contributed by atoms with Crippen molar-refractivity contribution in [1.29, 1.82) is 0 Å². The van der Waals surface area contributed by atoms with E-state index in [0.717, 1.165) is 34.2 Å². The van der Waals surface area contributed by atoms with E-state index >= 15 is 0 Å². The summed E-state index contributed by atoms with van der Waals surface area (Å²) in [5.41, 5.74) is 0. The highest BCUT2D eigenvalue weighted by atomic mass is 32.2. The molecule has 0 nitrogen and oxygen atoms in total. The molecule has 1 heterocycles. The molecule has 2 aliphatic carbocycles. The van der Waals surface area contributed by atoms with Crippen molar-refractivity contribution in [1.82, 2.24) is 0 Å². The molecule has 0 N–H and O–H groups in total. The van der Waals surface area contributed by atoms with Crippen molar-refractivity contribution in [2.45, 2.75) is 30.8 Å². The third-order valence-electron chi connectivity index (χ3n) is 4.09. The Morgan fingerprint density at radius 1 is 1.00 bits per heavy atom. The molecule has 0 spiro atoms. The zero-order chi connectivity index (χ0) is 6.88. The van der Waals surface area contributed by atoms with Gasteiger partial charge in [-0.25, -0.2) is 0 Å². The average molecular weight is 154 g/mol. The fourth-order valence-electron chi connectivity index (χ4n) is 3.49. The molecule has 10 heavy (non-hydrogen) atoms. The molecule has 3 rings (SSSR count). The summed E-state index contributed by atoms with van der Waals surface area (Å²) in [5, 5.41) is 2.18. The Hall–Kier alpha value is 0.350. The van der Waals surface area contributed by atoms with Gasteiger partial charge in [0.25, 0.3) is 0 Å². The smallest absolute Gasteiger partial charge is 0.0117 e. The van der Waals surface area contributed by atoms with Gasteiger partial charge in [0.15, 0.2) is 0 Å². The molecule has 3 aliphatic rings. The minimum atomic E-state index is 1.05. The van der Waals surface area contributed by atoms with E-state index in [1.54, 1.807) is 6.42 Å². The number of thioether (sulfide) groups is 1. The van der Waals surface area contributed by atoms with Crippen molar-refractivity contribution >= 4 is 11.8 Å². The van der Waals surface area contributed by atoms with E-state index in [2.05, 4.69) is 25.6 Å². The van der Waals surface area contributed by atoms with Crippen LogP contribution in [0.15, 0.2) is 0 Å². The fourth-order valence-corrected chi connectivity index (χ4v) is 5.44. The van der Waals surface area contributed by atoms with E-state index in [1.165, 1.54) is 0 Å². The van der Waals surface area contributed by atoms with Crippen LogP contribution in [0, 0.1) is 23.7 Å². The van der Waals surface area contributed by atoms with Gasteiger partial charge in [0.05, 0.1) is 0 Å². The maximum atomic E-state index is 2.47. The SMILES string of the molecule is CC1C2CC3C1SC3C2C. The van der Waals surface area contributed by atoms with Gasteiger partial charge in [-0.1, -0.05) is 13.8 Å². The summed E-state index contributed by atoms with van der Waals surface area (Å²) < 4.78 is 0. The molecule has 0 radical (unpaired) electrons. The van der Waals surface area contributed by atoms with Gasteiger partial charge >= 0.3 is 0 Å². The average Bonchev–Trinajstić information content (AvgIpc) is 2.16.